The molecule has 1 fully saturated rings. The maximum absolute atomic E-state index is 13.4. The monoisotopic (exact) mass is 301 g/mol. The van der Waals surface area contributed by atoms with Crippen LogP contribution in [0.3, 0.4) is 0 Å². The summed E-state index contributed by atoms with van der Waals surface area (Å²) in [5.41, 5.74) is 5.86. The summed E-state index contributed by atoms with van der Waals surface area (Å²) >= 11 is 0. The van der Waals surface area contributed by atoms with Gasteiger partial charge in [0.2, 0.25) is 0 Å². The summed E-state index contributed by atoms with van der Waals surface area (Å²) < 4.78 is 43.1. The van der Waals surface area contributed by atoms with Gasteiger partial charge < -0.3 is 10.5 Å². The Kier molecular flexibility index (Phi) is 4.18. The van der Waals surface area contributed by atoms with Crippen molar-refractivity contribution in [2.24, 2.45) is 11.1 Å². The summed E-state index contributed by atoms with van der Waals surface area (Å²) in [6.07, 6.45) is 0. The molecule has 6 heteroatoms. The highest BCUT2D eigenvalue weighted by molar-refractivity contribution is 7.92. The van der Waals surface area contributed by atoms with E-state index in [0.29, 0.717) is 5.56 Å². The molecule has 0 aliphatic heterocycles. The summed E-state index contributed by atoms with van der Waals surface area (Å²) in [6.45, 7) is 2.07. The lowest BCUT2D eigenvalue weighted by molar-refractivity contribution is 0.142. The minimum absolute atomic E-state index is 0.0505. The van der Waals surface area contributed by atoms with E-state index in [1.165, 1.54) is 19.2 Å². The number of nitrogens with two attached hydrogens (primary N) is 1. The Labute approximate surface area is 119 Å². The largest absolute Gasteiger partial charge is 0.384 e. The number of rotatable bonds is 6. The molecule has 0 bridgehead atoms. The predicted octanol–water partition coefficient (Wildman–Crippen LogP) is 1.32. The molecule has 0 unspecified atom stereocenters. The fourth-order valence-electron chi connectivity index (χ4n) is 3.15. The zero-order valence-electron chi connectivity index (χ0n) is 11.7. The number of ether oxygens (including phenoxy) is 1. The first-order valence-corrected chi connectivity index (χ1v) is 8.30. The van der Waals surface area contributed by atoms with Crippen molar-refractivity contribution in [2.45, 2.75) is 18.1 Å². The summed E-state index contributed by atoms with van der Waals surface area (Å²) in [4.78, 5) is 0. The van der Waals surface area contributed by atoms with Crippen LogP contribution >= 0.6 is 0 Å². The van der Waals surface area contributed by atoms with Gasteiger partial charge in [0.15, 0.2) is 9.84 Å². The van der Waals surface area contributed by atoms with Crippen LogP contribution in [0.25, 0.3) is 0 Å². The van der Waals surface area contributed by atoms with E-state index >= 15 is 0 Å². The van der Waals surface area contributed by atoms with Crippen molar-refractivity contribution in [1.29, 1.82) is 0 Å². The third-order valence-electron chi connectivity index (χ3n) is 4.17. The molecule has 0 aromatic heterocycles. The van der Waals surface area contributed by atoms with E-state index in [0.717, 1.165) is 0 Å². The number of hydrogen-bond acceptors (Lipinski definition) is 4. The topological polar surface area (TPSA) is 69.4 Å². The van der Waals surface area contributed by atoms with Crippen LogP contribution < -0.4 is 5.73 Å². The molecule has 2 N–H and O–H groups in total. The Balaban J connectivity index is 2.45. The van der Waals surface area contributed by atoms with Gasteiger partial charge in [0.25, 0.3) is 0 Å². The zero-order chi connectivity index (χ0) is 15.0. The van der Waals surface area contributed by atoms with Crippen LogP contribution in [0.15, 0.2) is 24.3 Å². The maximum atomic E-state index is 13.4. The van der Waals surface area contributed by atoms with Crippen molar-refractivity contribution in [1.82, 2.24) is 0 Å². The predicted molar refractivity (Wildman–Crippen MR) is 75.8 cm³/mol. The molecule has 1 saturated carbocycles. The van der Waals surface area contributed by atoms with E-state index < -0.39 is 20.5 Å². The minimum Gasteiger partial charge on any atom is -0.384 e. The van der Waals surface area contributed by atoms with Crippen molar-refractivity contribution in [3.05, 3.63) is 35.6 Å². The van der Waals surface area contributed by atoms with Crippen LogP contribution in [0.4, 0.5) is 4.39 Å². The Morgan fingerprint density at radius 3 is 2.65 bits per heavy atom. The Hall–Kier alpha value is -0.980. The first-order valence-electron chi connectivity index (χ1n) is 6.59. The molecule has 1 aliphatic rings. The number of hydrogen-bond donors (Lipinski definition) is 1. The number of halogens is 1. The van der Waals surface area contributed by atoms with Crippen molar-refractivity contribution in [3.63, 3.8) is 0 Å². The van der Waals surface area contributed by atoms with Crippen molar-refractivity contribution in [2.75, 3.05) is 26.0 Å². The average molecular weight is 301 g/mol. The van der Waals surface area contributed by atoms with Crippen LogP contribution in [-0.4, -0.2) is 39.7 Å². The molecular weight excluding hydrogens is 281 g/mol. The van der Waals surface area contributed by atoms with Crippen LogP contribution in [0.1, 0.15) is 18.4 Å². The van der Waals surface area contributed by atoms with Gasteiger partial charge in [-0.05, 0) is 17.7 Å². The van der Waals surface area contributed by atoms with Gasteiger partial charge in [-0.15, -0.1) is 0 Å². The third-order valence-corrected chi connectivity index (χ3v) is 6.49. The summed E-state index contributed by atoms with van der Waals surface area (Å²) in [5, 5.41) is -0.591. The van der Waals surface area contributed by atoms with Gasteiger partial charge in [-0.1, -0.05) is 19.1 Å². The quantitative estimate of drug-likeness (QED) is 0.860. The van der Waals surface area contributed by atoms with Gasteiger partial charge in [0.05, 0.1) is 11.9 Å². The zero-order valence-corrected chi connectivity index (χ0v) is 12.5. The fourth-order valence-corrected chi connectivity index (χ4v) is 5.30. The first-order chi connectivity index (χ1) is 9.43. The van der Waals surface area contributed by atoms with Gasteiger partial charge in [-0.2, -0.15) is 0 Å². The van der Waals surface area contributed by atoms with Crippen LogP contribution in [-0.2, 0) is 14.6 Å². The summed E-state index contributed by atoms with van der Waals surface area (Å²) in [6, 6.07) is 6.07. The van der Waals surface area contributed by atoms with E-state index in [1.54, 1.807) is 19.1 Å². The highest BCUT2D eigenvalue weighted by Gasteiger charge is 2.69. The van der Waals surface area contributed by atoms with Gasteiger partial charge in [-0.3, -0.25) is 0 Å². The smallest absolute Gasteiger partial charge is 0.154 e. The molecule has 4 nitrogen and oxygen atoms in total. The number of methoxy groups -OCH3 is 1. The molecule has 0 saturated heterocycles. The number of benzene rings is 1. The lowest BCUT2D eigenvalue weighted by Gasteiger charge is -2.14. The molecule has 0 spiro atoms. The standard InChI is InChI=1S/C14H20FNO3S/c1-3-20(17,18)13-12(14(13,8-16)9-19-2)10-5-4-6-11(15)7-10/h4-7,12-13H,3,8-9,16H2,1-2H3/t12-,13-,14-/m1/s1. The fraction of sp³-hybridized carbons (Fsp3) is 0.571. The molecule has 0 radical (unpaired) electrons. The summed E-state index contributed by atoms with van der Waals surface area (Å²) in [7, 11) is -1.74. The van der Waals surface area contributed by atoms with Crippen molar-refractivity contribution in [3.8, 4) is 0 Å². The second-order valence-electron chi connectivity index (χ2n) is 5.28. The van der Waals surface area contributed by atoms with E-state index in [2.05, 4.69) is 0 Å². The van der Waals surface area contributed by atoms with E-state index in [4.69, 9.17) is 10.5 Å². The summed E-state index contributed by atoms with van der Waals surface area (Å²) in [5.74, 6) is -0.618. The van der Waals surface area contributed by atoms with E-state index in [9.17, 15) is 12.8 Å². The molecule has 2 rings (SSSR count). The molecule has 1 aliphatic carbocycles. The van der Waals surface area contributed by atoms with Crippen LogP contribution in [0.2, 0.25) is 0 Å². The van der Waals surface area contributed by atoms with E-state index in [-0.39, 0.29) is 30.6 Å². The van der Waals surface area contributed by atoms with Gasteiger partial charge >= 0.3 is 0 Å². The molecule has 1 aromatic carbocycles. The lowest BCUT2D eigenvalue weighted by atomic mass is 10.00. The molecule has 112 valence electrons. The highest BCUT2D eigenvalue weighted by Crippen LogP contribution is 2.62. The average Bonchev–Trinajstić information content (AvgIpc) is 3.09. The maximum Gasteiger partial charge on any atom is 0.154 e. The molecular formula is C14H20FNO3S. The highest BCUT2D eigenvalue weighted by atomic mass is 32.2. The second kappa shape index (κ2) is 5.42. The first kappa shape index (κ1) is 15.4. The van der Waals surface area contributed by atoms with Crippen molar-refractivity contribution >= 4 is 9.84 Å². The molecule has 3 atom stereocenters. The second-order valence-corrected chi connectivity index (χ2v) is 7.69. The third kappa shape index (κ3) is 2.36. The van der Waals surface area contributed by atoms with Gasteiger partial charge in [0, 0.05) is 30.7 Å². The minimum atomic E-state index is -3.26. The van der Waals surface area contributed by atoms with Gasteiger partial charge in [-0.25, -0.2) is 12.8 Å². The molecule has 20 heavy (non-hydrogen) atoms. The normalized spacial score (nSPS) is 29.4. The molecule has 1 aromatic rings. The lowest BCUT2D eigenvalue weighted by Crippen LogP contribution is -2.28. The van der Waals surface area contributed by atoms with Crippen LogP contribution in [0, 0.1) is 11.2 Å². The van der Waals surface area contributed by atoms with Crippen LogP contribution in [0.5, 0.6) is 0 Å². The molecule has 0 amide bonds. The Morgan fingerprint density at radius 2 is 2.15 bits per heavy atom. The molecule has 0 heterocycles. The number of sulfone groups is 1. The Morgan fingerprint density at radius 1 is 1.45 bits per heavy atom. The van der Waals surface area contributed by atoms with Gasteiger partial charge in [0.1, 0.15) is 5.82 Å². The van der Waals surface area contributed by atoms with Crippen molar-refractivity contribution < 1.29 is 17.5 Å². The van der Waals surface area contributed by atoms with E-state index in [1.807, 2.05) is 0 Å². The SMILES string of the molecule is CCS(=O)(=O)[C@@H]1[C@@H](c2cccc(F)c2)[C@@]1(CN)COC. The Bertz CT molecular complexity index is 590.